The van der Waals surface area contributed by atoms with Crippen molar-refractivity contribution in [2.45, 2.75) is 13.2 Å². The molecule has 0 aromatic heterocycles. The highest BCUT2D eigenvalue weighted by molar-refractivity contribution is 6.32. The molecule has 3 nitrogen and oxygen atoms in total. The van der Waals surface area contributed by atoms with Crippen LogP contribution in [-0.2, 0) is 17.9 Å². The Labute approximate surface area is 124 Å². The van der Waals surface area contributed by atoms with Crippen LogP contribution in [0.5, 0.6) is 5.75 Å². The first kappa shape index (κ1) is 14.7. The summed E-state index contributed by atoms with van der Waals surface area (Å²) in [5.74, 6) is 0.671. The van der Waals surface area contributed by atoms with E-state index in [4.69, 9.17) is 21.1 Å². The SMILES string of the molecule is COCc1cccc(CNc2ccc(Cl)c(OC)c2)c1. The fourth-order valence-corrected chi connectivity index (χ4v) is 2.16. The average molecular weight is 292 g/mol. The Morgan fingerprint density at radius 1 is 1.05 bits per heavy atom. The smallest absolute Gasteiger partial charge is 0.139 e. The van der Waals surface area contributed by atoms with Crippen molar-refractivity contribution in [3.63, 3.8) is 0 Å². The van der Waals surface area contributed by atoms with E-state index in [1.165, 1.54) is 11.1 Å². The normalized spacial score (nSPS) is 10.3. The fraction of sp³-hybridized carbons (Fsp3) is 0.250. The molecule has 0 saturated carbocycles. The van der Waals surface area contributed by atoms with Gasteiger partial charge in [0, 0.05) is 25.4 Å². The molecule has 0 amide bonds. The molecular weight excluding hydrogens is 274 g/mol. The van der Waals surface area contributed by atoms with Crippen molar-refractivity contribution in [3.8, 4) is 5.75 Å². The van der Waals surface area contributed by atoms with Crippen LogP contribution in [0.4, 0.5) is 5.69 Å². The third kappa shape index (κ3) is 3.89. The standard InChI is InChI=1S/C16H18ClNO2/c1-19-11-13-5-3-4-12(8-13)10-18-14-6-7-15(17)16(9-14)20-2/h3-9,18H,10-11H2,1-2H3. The lowest BCUT2D eigenvalue weighted by Crippen LogP contribution is -2.00. The molecule has 0 aliphatic carbocycles. The molecule has 0 bridgehead atoms. The van der Waals surface area contributed by atoms with Crippen molar-refractivity contribution in [1.29, 1.82) is 0 Å². The Morgan fingerprint density at radius 2 is 1.85 bits per heavy atom. The van der Waals surface area contributed by atoms with Gasteiger partial charge in [-0.2, -0.15) is 0 Å². The lowest BCUT2D eigenvalue weighted by molar-refractivity contribution is 0.185. The van der Waals surface area contributed by atoms with E-state index in [-0.39, 0.29) is 0 Å². The topological polar surface area (TPSA) is 30.5 Å². The summed E-state index contributed by atoms with van der Waals surface area (Å²) in [7, 11) is 3.31. The van der Waals surface area contributed by atoms with Crippen LogP contribution >= 0.6 is 11.6 Å². The number of halogens is 1. The number of hydrogen-bond acceptors (Lipinski definition) is 3. The molecule has 0 unspecified atom stereocenters. The Morgan fingerprint density at radius 3 is 2.60 bits per heavy atom. The molecule has 0 atom stereocenters. The van der Waals surface area contributed by atoms with Gasteiger partial charge in [-0.05, 0) is 23.3 Å². The predicted molar refractivity (Wildman–Crippen MR) is 82.5 cm³/mol. The maximum atomic E-state index is 6.00. The van der Waals surface area contributed by atoms with Gasteiger partial charge >= 0.3 is 0 Å². The van der Waals surface area contributed by atoms with Gasteiger partial charge in [-0.15, -0.1) is 0 Å². The molecule has 0 fully saturated rings. The predicted octanol–water partition coefficient (Wildman–Crippen LogP) is 4.11. The monoisotopic (exact) mass is 291 g/mol. The first-order chi connectivity index (χ1) is 9.72. The summed E-state index contributed by atoms with van der Waals surface area (Å²) in [6.07, 6.45) is 0. The molecule has 0 radical (unpaired) electrons. The molecule has 106 valence electrons. The van der Waals surface area contributed by atoms with E-state index in [2.05, 4.69) is 23.5 Å². The Kier molecular flexibility index (Phi) is 5.27. The quantitative estimate of drug-likeness (QED) is 0.869. The minimum Gasteiger partial charge on any atom is -0.495 e. The zero-order chi connectivity index (χ0) is 14.4. The first-order valence-corrected chi connectivity index (χ1v) is 6.75. The summed E-state index contributed by atoms with van der Waals surface area (Å²) in [6.45, 7) is 1.37. The third-order valence-corrected chi connectivity index (χ3v) is 3.26. The van der Waals surface area contributed by atoms with Crippen LogP contribution in [0.15, 0.2) is 42.5 Å². The molecule has 0 heterocycles. The van der Waals surface area contributed by atoms with Crippen molar-refractivity contribution in [3.05, 3.63) is 58.6 Å². The van der Waals surface area contributed by atoms with Crippen LogP contribution in [0.3, 0.4) is 0 Å². The molecule has 2 aromatic carbocycles. The summed E-state index contributed by atoms with van der Waals surface area (Å²) in [5, 5.41) is 3.96. The van der Waals surface area contributed by atoms with E-state index in [1.54, 1.807) is 14.2 Å². The van der Waals surface area contributed by atoms with Crippen molar-refractivity contribution in [2.75, 3.05) is 19.5 Å². The van der Waals surface area contributed by atoms with Gasteiger partial charge in [-0.1, -0.05) is 35.9 Å². The molecule has 0 aliphatic rings. The summed E-state index contributed by atoms with van der Waals surface area (Å²) in [4.78, 5) is 0. The molecule has 0 aliphatic heterocycles. The first-order valence-electron chi connectivity index (χ1n) is 6.37. The highest BCUT2D eigenvalue weighted by Gasteiger charge is 2.02. The van der Waals surface area contributed by atoms with Gasteiger partial charge in [0.25, 0.3) is 0 Å². The zero-order valence-electron chi connectivity index (χ0n) is 11.7. The summed E-state index contributed by atoms with van der Waals surface area (Å²) < 4.78 is 10.3. The maximum absolute atomic E-state index is 6.00. The minimum absolute atomic E-state index is 0.611. The van der Waals surface area contributed by atoms with Crippen LogP contribution in [0, 0.1) is 0 Å². The Balaban J connectivity index is 2.03. The lowest BCUT2D eigenvalue weighted by Gasteiger charge is -2.10. The number of hydrogen-bond donors (Lipinski definition) is 1. The van der Waals surface area contributed by atoms with Gasteiger partial charge in [0.2, 0.25) is 0 Å². The molecule has 1 N–H and O–H groups in total. The van der Waals surface area contributed by atoms with Crippen LogP contribution in [0.1, 0.15) is 11.1 Å². The zero-order valence-corrected chi connectivity index (χ0v) is 12.4. The van der Waals surface area contributed by atoms with E-state index in [0.717, 1.165) is 12.2 Å². The van der Waals surface area contributed by atoms with Crippen molar-refractivity contribution in [1.82, 2.24) is 0 Å². The van der Waals surface area contributed by atoms with Crippen LogP contribution < -0.4 is 10.1 Å². The summed E-state index contributed by atoms with van der Waals surface area (Å²) >= 11 is 6.00. The average Bonchev–Trinajstić information content (AvgIpc) is 2.47. The highest BCUT2D eigenvalue weighted by atomic mass is 35.5. The summed E-state index contributed by atoms with van der Waals surface area (Å²) in [5.41, 5.74) is 3.34. The largest absolute Gasteiger partial charge is 0.495 e. The number of benzene rings is 2. The molecule has 2 rings (SSSR count). The van der Waals surface area contributed by atoms with E-state index < -0.39 is 0 Å². The van der Waals surface area contributed by atoms with E-state index in [0.29, 0.717) is 17.4 Å². The lowest BCUT2D eigenvalue weighted by atomic mass is 10.1. The number of rotatable bonds is 6. The van der Waals surface area contributed by atoms with Gasteiger partial charge in [-0.3, -0.25) is 0 Å². The van der Waals surface area contributed by atoms with Gasteiger partial charge in [-0.25, -0.2) is 0 Å². The molecule has 0 saturated heterocycles. The van der Waals surface area contributed by atoms with Gasteiger partial charge in [0.05, 0.1) is 18.7 Å². The van der Waals surface area contributed by atoms with Crippen molar-refractivity contribution in [2.24, 2.45) is 0 Å². The number of methoxy groups -OCH3 is 2. The summed E-state index contributed by atoms with van der Waals surface area (Å²) in [6, 6.07) is 13.9. The second-order valence-corrected chi connectivity index (χ2v) is 4.86. The Hall–Kier alpha value is -1.71. The van der Waals surface area contributed by atoms with Crippen LogP contribution in [0.25, 0.3) is 0 Å². The van der Waals surface area contributed by atoms with E-state index in [9.17, 15) is 0 Å². The highest BCUT2D eigenvalue weighted by Crippen LogP contribution is 2.27. The fourth-order valence-electron chi connectivity index (χ4n) is 1.97. The molecule has 0 spiro atoms. The molecule has 4 heteroatoms. The maximum Gasteiger partial charge on any atom is 0.139 e. The molecule has 2 aromatic rings. The van der Waals surface area contributed by atoms with E-state index in [1.807, 2.05) is 24.3 Å². The molecular formula is C16H18ClNO2. The number of ether oxygens (including phenoxy) is 2. The number of nitrogens with one attached hydrogen (secondary N) is 1. The Bertz CT molecular complexity index is 572. The number of anilines is 1. The van der Waals surface area contributed by atoms with Crippen LogP contribution in [0.2, 0.25) is 5.02 Å². The minimum atomic E-state index is 0.611. The van der Waals surface area contributed by atoms with Crippen molar-refractivity contribution >= 4 is 17.3 Å². The van der Waals surface area contributed by atoms with Gasteiger partial charge in [0.1, 0.15) is 5.75 Å². The van der Waals surface area contributed by atoms with Gasteiger partial charge < -0.3 is 14.8 Å². The molecule has 20 heavy (non-hydrogen) atoms. The third-order valence-electron chi connectivity index (χ3n) is 2.95. The second-order valence-electron chi connectivity index (χ2n) is 4.46. The van der Waals surface area contributed by atoms with E-state index >= 15 is 0 Å². The second kappa shape index (κ2) is 7.17. The van der Waals surface area contributed by atoms with Crippen molar-refractivity contribution < 1.29 is 9.47 Å². The van der Waals surface area contributed by atoms with Crippen LogP contribution in [-0.4, -0.2) is 14.2 Å². The van der Waals surface area contributed by atoms with Gasteiger partial charge in [0.15, 0.2) is 0 Å².